The molecular formula is C20H14ClN5O3. The molecule has 144 valence electrons. The number of phenols is 1. The molecule has 4 aromatic rings. The van der Waals surface area contributed by atoms with Crippen molar-refractivity contribution in [3.63, 3.8) is 0 Å². The first-order valence-corrected chi connectivity index (χ1v) is 8.89. The number of hydrogen-bond donors (Lipinski definition) is 3. The number of nitrogens with zero attached hydrogens (tertiary/aromatic N) is 4. The summed E-state index contributed by atoms with van der Waals surface area (Å²) in [5, 5.41) is 30.4. The number of carbonyl (C=O) groups is 1. The Balaban J connectivity index is 1.69. The molecule has 0 saturated heterocycles. The molecule has 0 bridgehead atoms. The number of anilines is 2. The van der Waals surface area contributed by atoms with Crippen LogP contribution in [0.25, 0.3) is 22.2 Å². The molecule has 0 spiro atoms. The number of pyridine rings is 1. The first-order chi connectivity index (χ1) is 13.9. The number of halogens is 1. The maximum Gasteiger partial charge on any atom is 0.354 e. The first kappa shape index (κ1) is 18.6. The second-order valence-corrected chi connectivity index (χ2v) is 6.73. The molecule has 29 heavy (non-hydrogen) atoms. The normalized spacial score (nSPS) is 10.8. The fourth-order valence-electron chi connectivity index (χ4n) is 2.88. The number of benzene rings is 2. The molecule has 2 aromatic carbocycles. The minimum atomic E-state index is -1.10. The third-order valence-electron chi connectivity index (χ3n) is 4.25. The molecule has 2 heterocycles. The van der Waals surface area contributed by atoms with Crippen LogP contribution in [0.2, 0.25) is 5.02 Å². The van der Waals surface area contributed by atoms with E-state index in [-0.39, 0.29) is 17.4 Å². The van der Waals surface area contributed by atoms with Crippen LogP contribution in [0, 0.1) is 6.92 Å². The second kappa shape index (κ2) is 7.33. The lowest BCUT2D eigenvalue weighted by atomic mass is 10.0. The number of hydrogen-bond acceptors (Lipinski definition) is 7. The Morgan fingerprint density at radius 3 is 2.66 bits per heavy atom. The maximum atomic E-state index is 10.9. The van der Waals surface area contributed by atoms with Crippen LogP contribution in [0.1, 0.15) is 16.1 Å². The second-order valence-electron chi connectivity index (χ2n) is 6.32. The van der Waals surface area contributed by atoms with Crippen molar-refractivity contribution in [3.05, 3.63) is 64.9 Å². The molecule has 0 atom stereocenters. The maximum absolute atomic E-state index is 10.9. The minimum absolute atomic E-state index is 0.0536. The van der Waals surface area contributed by atoms with Gasteiger partial charge >= 0.3 is 5.97 Å². The number of aromatic carboxylic acids is 1. The lowest BCUT2D eigenvalue weighted by Gasteiger charge is -2.10. The van der Waals surface area contributed by atoms with Crippen molar-refractivity contribution >= 4 is 40.2 Å². The lowest BCUT2D eigenvalue weighted by molar-refractivity contribution is 0.0690. The summed E-state index contributed by atoms with van der Waals surface area (Å²) in [6, 6.07) is 11.4. The molecule has 4 rings (SSSR count). The number of carboxylic acids is 1. The molecule has 2 aromatic heterocycles. The average Bonchev–Trinajstić information content (AvgIpc) is 2.70. The van der Waals surface area contributed by atoms with E-state index < -0.39 is 5.97 Å². The van der Waals surface area contributed by atoms with Gasteiger partial charge in [0.05, 0.1) is 17.4 Å². The summed E-state index contributed by atoms with van der Waals surface area (Å²) < 4.78 is 0. The van der Waals surface area contributed by atoms with Gasteiger partial charge in [-0.1, -0.05) is 11.6 Å². The molecule has 0 amide bonds. The zero-order valence-corrected chi connectivity index (χ0v) is 15.8. The number of nitrogens with one attached hydrogen (secondary N) is 1. The van der Waals surface area contributed by atoms with Crippen LogP contribution in [0.4, 0.5) is 11.6 Å². The summed E-state index contributed by atoms with van der Waals surface area (Å²) >= 11 is 6.26. The van der Waals surface area contributed by atoms with Crippen LogP contribution >= 0.6 is 11.6 Å². The molecule has 9 heteroatoms. The van der Waals surface area contributed by atoms with E-state index in [2.05, 4.69) is 25.5 Å². The van der Waals surface area contributed by atoms with Crippen LogP contribution in [-0.4, -0.2) is 36.3 Å². The molecule has 0 aliphatic heterocycles. The highest BCUT2D eigenvalue weighted by Crippen LogP contribution is 2.33. The van der Waals surface area contributed by atoms with Gasteiger partial charge in [-0.25, -0.2) is 14.8 Å². The summed E-state index contributed by atoms with van der Waals surface area (Å²) in [5.41, 5.74) is 4.04. The van der Waals surface area contributed by atoms with Gasteiger partial charge in [-0.3, -0.25) is 0 Å². The fourth-order valence-corrected chi connectivity index (χ4v) is 3.11. The van der Waals surface area contributed by atoms with Crippen molar-refractivity contribution in [3.8, 4) is 16.9 Å². The Kier molecular flexibility index (Phi) is 4.69. The number of carboxylic acid groups (broad SMARTS) is 1. The highest BCUT2D eigenvalue weighted by Gasteiger charge is 2.11. The average molecular weight is 408 g/mol. The number of aryl methyl sites for hydroxylation is 1. The molecule has 0 aliphatic rings. The largest absolute Gasteiger partial charge is 0.508 e. The van der Waals surface area contributed by atoms with E-state index in [4.69, 9.17) is 16.7 Å². The number of phenolic OH excluding ortho intramolecular Hbond substituents is 1. The standard InChI is InChI=1S/C20H14ClN5O3/c1-10-6-11(14-8-13(27)3-4-15(14)21)7-17-18(10)24-20(26-25-17)23-12-2-5-16(19(28)29)22-9-12/h2-9,27H,1H3,(H,28,29)(H,23,24,26). The van der Waals surface area contributed by atoms with Gasteiger partial charge in [0.15, 0.2) is 0 Å². The molecule has 0 unspecified atom stereocenters. The molecule has 0 radical (unpaired) electrons. The Bertz CT molecular complexity index is 1250. The highest BCUT2D eigenvalue weighted by atomic mass is 35.5. The van der Waals surface area contributed by atoms with Gasteiger partial charge in [0, 0.05) is 10.6 Å². The van der Waals surface area contributed by atoms with Crippen molar-refractivity contribution in [1.29, 1.82) is 0 Å². The molecule has 0 aliphatic carbocycles. The smallest absolute Gasteiger partial charge is 0.354 e. The minimum Gasteiger partial charge on any atom is -0.508 e. The van der Waals surface area contributed by atoms with Crippen molar-refractivity contribution in [2.75, 3.05) is 5.32 Å². The van der Waals surface area contributed by atoms with E-state index in [0.29, 0.717) is 27.3 Å². The van der Waals surface area contributed by atoms with Crippen molar-refractivity contribution in [1.82, 2.24) is 20.2 Å². The summed E-state index contributed by atoms with van der Waals surface area (Å²) in [7, 11) is 0. The molecule has 0 fully saturated rings. The van der Waals surface area contributed by atoms with Crippen molar-refractivity contribution < 1.29 is 15.0 Å². The fraction of sp³-hybridized carbons (Fsp3) is 0.0500. The van der Waals surface area contributed by atoms with Crippen molar-refractivity contribution in [2.24, 2.45) is 0 Å². The first-order valence-electron chi connectivity index (χ1n) is 8.51. The predicted octanol–water partition coefficient (Wildman–Crippen LogP) is 4.20. The van der Waals surface area contributed by atoms with Crippen LogP contribution in [0.5, 0.6) is 5.75 Å². The number of aromatic hydroxyl groups is 1. The van der Waals surface area contributed by atoms with E-state index in [1.54, 1.807) is 24.3 Å². The van der Waals surface area contributed by atoms with E-state index in [9.17, 15) is 9.90 Å². The van der Waals surface area contributed by atoms with E-state index in [1.807, 2.05) is 13.0 Å². The highest BCUT2D eigenvalue weighted by molar-refractivity contribution is 6.33. The van der Waals surface area contributed by atoms with Crippen LogP contribution in [-0.2, 0) is 0 Å². The molecule has 8 nitrogen and oxygen atoms in total. The van der Waals surface area contributed by atoms with Crippen LogP contribution in [0.3, 0.4) is 0 Å². The Labute approximate surface area is 169 Å². The van der Waals surface area contributed by atoms with E-state index in [1.165, 1.54) is 18.3 Å². The number of aromatic nitrogens is 4. The third-order valence-corrected chi connectivity index (χ3v) is 4.58. The molecule has 0 saturated carbocycles. The third kappa shape index (κ3) is 3.78. The summed E-state index contributed by atoms with van der Waals surface area (Å²) in [4.78, 5) is 19.2. The zero-order chi connectivity index (χ0) is 20.5. The number of rotatable bonds is 4. The van der Waals surface area contributed by atoms with Crippen LogP contribution < -0.4 is 5.32 Å². The van der Waals surface area contributed by atoms with Gasteiger partial charge in [0.1, 0.15) is 17.0 Å². The molecular weight excluding hydrogens is 394 g/mol. The Hall–Kier alpha value is -3.78. The summed E-state index contributed by atoms with van der Waals surface area (Å²) in [5.74, 6) is -0.722. The van der Waals surface area contributed by atoms with Gasteiger partial charge in [-0.2, -0.15) is 0 Å². The Morgan fingerprint density at radius 2 is 1.93 bits per heavy atom. The van der Waals surface area contributed by atoms with Gasteiger partial charge in [-0.15, -0.1) is 10.2 Å². The van der Waals surface area contributed by atoms with Gasteiger partial charge in [0.2, 0.25) is 5.95 Å². The SMILES string of the molecule is Cc1cc(-c2cc(O)ccc2Cl)cc2nnc(Nc3ccc(C(=O)O)nc3)nc12. The lowest BCUT2D eigenvalue weighted by Crippen LogP contribution is -2.03. The van der Waals surface area contributed by atoms with Crippen LogP contribution in [0.15, 0.2) is 48.7 Å². The van der Waals surface area contributed by atoms with E-state index in [0.717, 1.165) is 11.1 Å². The Morgan fingerprint density at radius 1 is 1.10 bits per heavy atom. The predicted molar refractivity (Wildman–Crippen MR) is 109 cm³/mol. The summed E-state index contributed by atoms with van der Waals surface area (Å²) in [6.45, 7) is 1.89. The zero-order valence-electron chi connectivity index (χ0n) is 15.1. The van der Waals surface area contributed by atoms with Gasteiger partial charge in [0.25, 0.3) is 0 Å². The number of fused-ring (bicyclic) bond motifs is 1. The van der Waals surface area contributed by atoms with Gasteiger partial charge in [-0.05, 0) is 60.5 Å². The molecule has 3 N–H and O–H groups in total. The quantitative estimate of drug-likeness (QED) is 0.460. The topological polar surface area (TPSA) is 121 Å². The van der Waals surface area contributed by atoms with Gasteiger partial charge < -0.3 is 15.5 Å². The van der Waals surface area contributed by atoms with Crippen molar-refractivity contribution in [2.45, 2.75) is 6.92 Å². The van der Waals surface area contributed by atoms with E-state index >= 15 is 0 Å². The summed E-state index contributed by atoms with van der Waals surface area (Å²) in [6.07, 6.45) is 1.39. The monoisotopic (exact) mass is 407 g/mol.